The molecule has 0 aromatic carbocycles. The summed E-state index contributed by atoms with van der Waals surface area (Å²) in [5, 5.41) is 3.88. The first kappa shape index (κ1) is 12.6. The van der Waals surface area contributed by atoms with Gasteiger partial charge < -0.3 is 10.3 Å². The number of anilines is 1. The summed E-state index contributed by atoms with van der Waals surface area (Å²) in [7, 11) is 0. The van der Waals surface area contributed by atoms with Crippen LogP contribution in [0.4, 0.5) is 5.82 Å². The molecule has 0 aliphatic rings. The van der Waals surface area contributed by atoms with Crippen molar-refractivity contribution in [3.63, 3.8) is 0 Å². The number of nitrogen functional groups attached to an aromatic ring is 1. The molecule has 96 valence electrons. The highest BCUT2D eigenvalue weighted by Gasteiger charge is 2.21. The molecule has 2 N–H and O–H groups in total. The van der Waals surface area contributed by atoms with E-state index in [0.717, 1.165) is 23.4 Å². The molecule has 0 saturated heterocycles. The van der Waals surface area contributed by atoms with Crippen LogP contribution < -0.4 is 5.73 Å². The molecule has 1 unspecified atom stereocenters. The second-order valence-electron chi connectivity index (χ2n) is 4.57. The van der Waals surface area contributed by atoms with E-state index in [1.54, 1.807) is 6.20 Å². The van der Waals surface area contributed by atoms with Crippen LogP contribution in [0.2, 0.25) is 0 Å². The van der Waals surface area contributed by atoms with Crippen molar-refractivity contribution < 1.29 is 4.52 Å². The zero-order valence-electron chi connectivity index (χ0n) is 10.9. The highest BCUT2D eigenvalue weighted by atomic mass is 16.5. The molecule has 0 spiro atoms. The average molecular weight is 245 g/mol. The Kier molecular flexibility index (Phi) is 3.97. The van der Waals surface area contributed by atoms with Crippen LogP contribution in [0.5, 0.6) is 0 Å². The molecule has 0 bridgehead atoms. The molecule has 2 rings (SSSR count). The maximum absolute atomic E-state index is 5.89. The molecule has 0 radical (unpaired) electrons. The first-order valence-electron chi connectivity index (χ1n) is 6.40. The average Bonchev–Trinajstić information content (AvgIpc) is 2.79. The summed E-state index contributed by atoms with van der Waals surface area (Å²) < 4.78 is 5.39. The Bertz CT molecular complexity index is 493. The Balaban J connectivity index is 2.33. The standard InChI is InChI=1S/C14H19N3O/c1-3-4-7-10(2)13-12(14(15)17-18-13)11-8-5-6-9-16-11/h5-6,8-10H,3-4,7H2,1-2H3,(H2,15,17). The SMILES string of the molecule is CCCCC(C)c1onc(N)c1-c1ccccn1. The summed E-state index contributed by atoms with van der Waals surface area (Å²) >= 11 is 0. The molecule has 0 saturated carbocycles. The molecule has 1 atom stereocenters. The summed E-state index contributed by atoms with van der Waals surface area (Å²) in [6, 6.07) is 5.75. The van der Waals surface area contributed by atoms with Crippen LogP contribution in [0.3, 0.4) is 0 Å². The van der Waals surface area contributed by atoms with Gasteiger partial charge in [0.2, 0.25) is 0 Å². The third-order valence-corrected chi connectivity index (χ3v) is 3.10. The van der Waals surface area contributed by atoms with Gasteiger partial charge in [0.25, 0.3) is 0 Å². The van der Waals surface area contributed by atoms with Gasteiger partial charge in [-0.05, 0) is 18.6 Å². The normalized spacial score (nSPS) is 12.6. The number of hydrogen-bond acceptors (Lipinski definition) is 4. The van der Waals surface area contributed by atoms with Crippen molar-refractivity contribution in [2.24, 2.45) is 0 Å². The van der Waals surface area contributed by atoms with Crippen molar-refractivity contribution in [3.8, 4) is 11.3 Å². The fourth-order valence-corrected chi connectivity index (χ4v) is 2.06. The van der Waals surface area contributed by atoms with Crippen LogP contribution in [0, 0.1) is 0 Å². The van der Waals surface area contributed by atoms with Crippen LogP contribution in [-0.4, -0.2) is 10.1 Å². The lowest BCUT2D eigenvalue weighted by molar-refractivity contribution is 0.360. The predicted molar refractivity (Wildman–Crippen MR) is 72.1 cm³/mol. The highest BCUT2D eigenvalue weighted by Crippen LogP contribution is 2.34. The second kappa shape index (κ2) is 5.67. The zero-order chi connectivity index (χ0) is 13.0. The topological polar surface area (TPSA) is 64.9 Å². The van der Waals surface area contributed by atoms with Gasteiger partial charge in [0.05, 0.1) is 11.3 Å². The molecule has 4 heteroatoms. The van der Waals surface area contributed by atoms with Crippen molar-refractivity contribution in [2.75, 3.05) is 5.73 Å². The Morgan fingerprint density at radius 3 is 2.89 bits per heavy atom. The van der Waals surface area contributed by atoms with E-state index >= 15 is 0 Å². The van der Waals surface area contributed by atoms with Crippen molar-refractivity contribution >= 4 is 5.82 Å². The summed E-state index contributed by atoms with van der Waals surface area (Å²) in [5.74, 6) is 1.58. The lowest BCUT2D eigenvalue weighted by atomic mass is 9.97. The van der Waals surface area contributed by atoms with Gasteiger partial charge in [0.15, 0.2) is 11.6 Å². The van der Waals surface area contributed by atoms with Crippen molar-refractivity contribution in [2.45, 2.75) is 39.0 Å². The van der Waals surface area contributed by atoms with E-state index < -0.39 is 0 Å². The van der Waals surface area contributed by atoms with Gasteiger partial charge in [-0.3, -0.25) is 4.98 Å². The second-order valence-corrected chi connectivity index (χ2v) is 4.57. The molecule has 0 fully saturated rings. The molecule has 18 heavy (non-hydrogen) atoms. The Morgan fingerprint density at radius 2 is 2.22 bits per heavy atom. The molecule has 0 aliphatic heterocycles. The largest absolute Gasteiger partial charge is 0.380 e. The van der Waals surface area contributed by atoms with E-state index in [4.69, 9.17) is 10.3 Å². The summed E-state index contributed by atoms with van der Waals surface area (Å²) in [5.41, 5.74) is 7.57. The molecule has 4 nitrogen and oxygen atoms in total. The number of pyridine rings is 1. The summed E-state index contributed by atoms with van der Waals surface area (Å²) in [6.45, 7) is 4.32. The Labute approximate surface area is 107 Å². The highest BCUT2D eigenvalue weighted by molar-refractivity contribution is 5.72. The van der Waals surface area contributed by atoms with E-state index in [2.05, 4.69) is 24.0 Å². The predicted octanol–water partition coefficient (Wildman–Crippen LogP) is 3.61. The van der Waals surface area contributed by atoms with Crippen molar-refractivity contribution in [3.05, 3.63) is 30.2 Å². The first-order valence-corrected chi connectivity index (χ1v) is 6.40. The van der Waals surface area contributed by atoms with Gasteiger partial charge >= 0.3 is 0 Å². The van der Waals surface area contributed by atoms with E-state index in [9.17, 15) is 0 Å². The zero-order valence-corrected chi connectivity index (χ0v) is 10.9. The number of hydrogen-bond donors (Lipinski definition) is 1. The Hall–Kier alpha value is -1.84. The molecule has 0 amide bonds. The minimum atomic E-state index is 0.312. The van der Waals surface area contributed by atoms with Gasteiger partial charge in [-0.1, -0.05) is 37.9 Å². The van der Waals surface area contributed by atoms with Gasteiger partial charge in [-0.25, -0.2) is 0 Å². The molecular formula is C14H19N3O. The maximum atomic E-state index is 5.89. The monoisotopic (exact) mass is 245 g/mol. The van der Waals surface area contributed by atoms with E-state index in [1.807, 2.05) is 18.2 Å². The van der Waals surface area contributed by atoms with Crippen molar-refractivity contribution in [1.82, 2.24) is 10.1 Å². The summed E-state index contributed by atoms with van der Waals surface area (Å²) in [4.78, 5) is 4.33. The quantitative estimate of drug-likeness (QED) is 0.873. The smallest absolute Gasteiger partial charge is 0.176 e. The third kappa shape index (κ3) is 2.53. The molecule has 2 heterocycles. The fourth-order valence-electron chi connectivity index (χ4n) is 2.06. The van der Waals surface area contributed by atoms with E-state index in [-0.39, 0.29) is 0 Å². The number of rotatable bonds is 5. The molecule has 2 aromatic heterocycles. The maximum Gasteiger partial charge on any atom is 0.176 e. The van der Waals surface area contributed by atoms with E-state index in [0.29, 0.717) is 11.7 Å². The van der Waals surface area contributed by atoms with Gasteiger partial charge in [0, 0.05) is 12.1 Å². The number of nitrogens with zero attached hydrogens (tertiary/aromatic N) is 2. The van der Waals surface area contributed by atoms with Crippen LogP contribution in [0.25, 0.3) is 11.3 Å². The van der Waals surface area contributed by atoms with Crippen LogP contribution in [0.15, 0.2) is 28.9 Å². The van der Waals surface area contributed by atoms with Crippen LogP contribution >= 0.6 is 0 Å². The van der Waals surface area contributed by atoms with Gasteiger partial charge in [-0.15, -0.1) is 0 Å². The first-order chi connectivity index (χ1) is 8.74. The lowest BCUT2D eigenvalue weighted by Gasteiger charge is -2.09. The lowest BCUT2D eigenvalue weighted by Crippen LogP contribution is -1.97. The number of aromatic nitrogens is 2. The van der Waals surface area contributed by atoms with Gasteiger partial charge in [0.1, 0.15) is 0 Å². The number of nitrogens with two attached hydrogens (primary N) is 1. The molecule has 0 aliphatic carbocycles. The summed E-state index contributed by atoms with van der Waals surface area (Å²) in [6.07, 6.45) is 5.17. The minimum absolute atomic E-state index is 0.312. The Morgan fingerprint density at radius 1 is 1.39 bits per heavy atom. The van der Waals surface area contributed by atoms with Crippen LogP contribution in [0.1, 0.15) is 44.8 Å². The molecule has 2 aromatic rings. The molecular weight excluding hydrogens is 226 g/mol. The third-order valence-electron chi connectivity index (χ3n) is 3.10. The van der Waals surface area contributed by atoms with E-state index in [1.165, 1.54) is 12.8 Å². The van der Waals surface area contributed by atoms with Gasteiger partial charge in [-0.2, -0.15) is 0 Å². The van der Waals surface area contributed by atoms with Crippen molar-refractivity contribution in [1.29, 1.82) is 0 Å². The minimum Gasteiger partial charge on any atom is -0.380 e. The van der Waals surface area contributed by atoms with Crippen LogP contribution in [-0.2, 0) is 0 Å². The number of unbranched alkanes of at least 4 members (excludes halogenated alkanes) is 1. The fraction of sp³-hybridized carbons (Fsp3) is 0.429.